The van der Waals surface area contributed by atoms with Crippen LogP contribution < -0.4 is 5.32 Å². The van der Waals surface area contributed by atoms with Gasteiger partial charge < -0.3 is 5.32 Å². The fourth-order valence-corrected chi connectivity index (χ4v) is 3.63. The van der Waals surface area contributed by atoms with Crippen molar-refractivity contribution in [1.82, 2.24) is 5.32 Å². The Morgan fingerprint density at radius 3 is 2.71 bits per heavy atom. The van der Waals surface area contributed by atoms with Gasteiger partial charge >= 0.3 is 0 Å². The SMILES string of the molecule is CCNC(Cc1ccc(F)cc1Br)c1cc(Cl)ccc1I. The third kappa shape index (κ3) is 4.65. The summed E-state index contributed by atoms with van der Waals surface area (Å²) in [6.07, 6.45) is 0.769. The molecule has 0 heterocycles. The maximum Gasteiger partial charge on any atom is 0.124 e. The Bertz CT molecular complexity index is 636. The van der Waals surface area contributed by atoms with Crippen LogP contribution in [0.4, 0.5) is 4.39 Å². The summed E-state index contributed by atoms with van der Waals surface area (Å²) in [5.41, 5.74) is 2.24. The lowest BCUT2D eigenvalue weighted by Gasteiger charge is -2.21. The summed E-state index contributed by atoms with van der Waals surface area (Å²) in [5.74, 6) is -0.233. The molecule has 0 aliphatic heterocycles. The molecular weight excluding hydrogens is 467 g/mol. The minimum absolute atomic E-state index is 0.141. The average molecular weight is 483 g/mol. The summed E-state index contributed by atoms with van der Waals surface area (Å²) < 4.78 is 15.2. The quantitative estimate of drug-likeness (QED) is 0.536. The highest BCUT2D eigenvalue weighted by molar-refractivity contribution is 14.1. The highest BCUT2D eigenvalue weighted by atomic mass is 127. The van der Waals surface area contributed by atoms with Crippen molar-refractivity contribution in [3.63, 3.8) is 0 Å². The topological polar surface area (TPSA) is 12.0 Å². The van der Waals surface area contributed by atoms with Crippen LogP contribution >= 0.6 is 50.1 Å². The average Bonchev–Trinajstić information content (AvgIpc) is 2.44. The van der Waals surface area contributed by atoms with Crippen molar-refractivity contribution < 1.29 is 4.39 Å². The maximum absolute atomic E-state index is 13.2. The molecule has 0 spiro atoms. The molecule has 112 valence electrons. The molecule has 2 aromatic rings. The van der Waals surface area contributed by atoms with Gasteiger partial charge in [0.2, 0.25) is 0 Å². The second-order valence-electron chi connectivity index (χ2n) is 4.72. The zero-order valence-corrected chi connectivity index (χ0v) is 16.0. The van der Waals surface area contributed by atoms with Gasteiger partial charge in [-0.1, -0.05) is 40.5 Å². The Morgan fingerprint density at radius 2 is 2.05 bits per heavy atom. The number of rotatable bonds is 5. The van der Waals surface area contributed by atoms with E-state index in [0.717, 1.165) is 28.0 Å². The molecule has 0 saturated heterocycles. The summed E-state index contributed by atoms with van der Waals surface area (Å²) >= 11 is 11.9. The smallest absolute Gasteiger partial charge is 0.124 e. The summed E-state index contributed by atoms with van der Waals surface area (Å²) in [6, 6.07) is 10.9. The van der Waals surface area contributed by atoms with E-state index in [1.807, 2.05) is 24.3 Å². The van der Waals surface area contributed by atoms with Crippen molar-refractivity contribution in [2.24, 2.45) is 0 Å². The van der Waals surface area contributed by atoms with Gasteiger partial charge in [0.25, 0.3) is 0 Å². The molecule has 2 rings (SSSR count). The van der Waals surface area contributed by atoms with Crippen molar-refractivity contribution in [2.45, 2.75) is 19.4 Å². The summed E-state index contributed by atoms with van der Waals surface area (Å²) in [6.45, 7) is 2.93. The number of halogens is 4. The maximum atomic E-state index is 13.2. The first-order valence-electron chi connectivity index (χ1n) is 6.63. The summed E-state index contributed by atoms with van der Waals surface area (Å²) in [4.78, 5) is 0. The molecule has 0 saturated carbocycles. The van der Waals surface area contributed by atoms with Crippen LogP contribution in [0.2, 0.25) is 5.02 Å². The van der Waals surface area contributed by atoms with Crippen LogP contribution in [0.15, 0.2) is 40.9 Å². The van der Waals surface area contributed by atoms with Gasteiger partial charge in [-0.15, -0.1) is 0 Å². The predicted molar refractivity (Wildman–Crippen MR) is 98.4 cm³/mol. The second-order valence-corrected chi connectivity index (χ2v) is 7.17. The third-order valence-corrected chi connectivity index (χ3v) is 5.18. The molecular formula is C16H15BrClFIN. The van der Waals surface area contributed by atoms with Gasteiger partial charge in [-0.3, -0.25) is 0 Å². The van der Waals surface area contributed by atoms with E-state index in [-0.39, 0.29) is 11.9 Å². The van der Waals surface area contributed by atoms with Gasteiger partial charge in [0.1, 0.15) is 5.82 Å². The van der Waals surface area contributed by atoms with Crippen molar-refractivity contribution in [1.29, 1.82) is 0 Å². The Hall–Kier alpha value is -0.170. The second kappa shape index (κ2) is 7.90. The van der Waals surface area contributed by atoms with Gasteiger partial charge in [-0.05, 0) is 77.0 Å². The van der Waals surface area contributed by atoms with E-state index in [0.29, 0.717) is 0 Å². The van der Waals surface area contributed by atoms with E-state index in [4.69, 9.17) is 11.6 Å². The number of likely N-dealkylation sites (N-methyl/N-ethyl adjacent to an activating group) is 1. The van der Waals surface area contributed by atoms with E-state index >= 15 is 0 Å². The highest BCUT2D eigenvalue weighted by Gasteiger charge is 2.16. The third-order valence-electron chi connectivity index (χ3n) is 3.22. The lowest BCUT2D eigenvalue weighted by atomic mass is 9.99. The molecule has 0 aliphatic carbocycles. The first-order valence-corrected chi connectivity index (χ1v) is 8.88. The lowest BCUT2D eigenvalue weighted by Crippen LogP contribution is -2.24. The minimum Gasteiger partial charge on any atom is -0.310 e. The molecule has 2 aromatic carbocycles. The number of nitrogens with one attached hydrogen (secondary N) is 1. The molecule has 1 atom stereocenters. The first kappa shape index (κ1) is 17.2. The van der Waals surface area contributed by atoms with Crippen LogP contribution in [0.5, 0.6) is 0 Å². The molecule has 1 unspecified atom stereocenters. The zero-order valence-electron chi connectivity index (χ0n) is 11.5. The van der Waals surface area contributed by atoms with Gasteiger partial charge in [-0.2, -0.15) is 0 Å². The zero-order chi connectivity index (χ0) is 15.4. The fourth-order valence-electron chi connectivity index (χ4n) is 2.23. The van der Waals surface area contributed by atoms with E-state index < -0.39 is 0 Å². The normalized spacial score (nSPS) is 12.4. The van der Waals surface area contributed by atoms with E-state index in [1.54, 1.807) is 0 Å². The molecule has 0 aliphatic rings. The molecule has 0 fully saturated rings. The van der Waals surface area contributed by atoms with Crippen LogP contribution in [0.3, 0.4) is 0 Å². The fraction of sp³-hybridized carbons (Fsp3) is 0.250. The van der Waals surface area contributed by atoms with Crippen LogP contribution in [0.25, 0.3) is 0 Å². The van der Waals surface area contributed by atoms with E-state index in [2.05, 4.69) is 50.8 Å². The lowest BCUT2D eigenvalue weighted by molar-refractivity contribution is 0.545. The van der Waals surface area contributed by atoms with Crippen molar-refractivity contribution >= 4 is 50.1 Å². The minimum atomic E-state index is -0.233. The van der Waals surface area contributed by atoms with Crippen molar-refractivity contribution in [2.75, 3.05) is 6.54 Å². The standard InChI is InChI=1S/C16H15BrClFIN/c1-2-21-16(13-8-11(18)4-6-15(13)20)7-10-3-5-12(19)9-14(10)17/h3-6,8-9,16,21H,2,7H2,1H3. The summed E-state index contributed by atoms with van der Waals surface area (Å²) in [5, 5.41) is 4.21. The monoisotopic (exact) mass is 481 g/mol. The first-order chi connectivity index (χ1) is 10.0. The molecule has 21 heavy (non-hydrogen) atoms. The molecule has 1 nitrogen and oxygen atoms in total. The predicted octanol–water partition coefficient (Wildman–Crippen LogP) is 5.74. The van der Waals surface area contributed by atoms with E-state index in [1.165, 1.54) is 21.3 Å². The number of benzene rings is 2. The van der Waals surface area contributed by atoms with Crippen LogP contribution in [-0.2, 0) is 6.42 Å². The Kier molecular flexibility index (Phi) is 6.47. The molecule has 1 N–H and O–H groups in total. The largest absolute Gasteiger partial charge is 0.310 e. The van der Waals surface area contributed by atoms with Gasteiger partial charge in [-0.25, -0.2) is 4.39 Å². The van der Waals surface area contributed by atoms with Gasteiger partial charge in [0.05, 0.1) is 0 Å². The van der Waals surface area contributed by atoms with Gasteiger partial charge in [0, 0.05) is 19.1 Å². The molecule has 0 aromatic heterocycles. The van der Waals surface area contributed by atoms with Crippen molar-refractivity contribution in [3.8, 4) is 0 Å². The Morgan fingerprint density at radius 1 is 1.29 bits per heavy atom. The number of hydrogen-bond donors (Lipinski definition) is 1. The van der Waals surface area contributed by atoms with Gasteiger partial charge in [0.15, 0.2) is 0 Å². The van der Waals surface area contributed by atoms with Crippen LogP contribution in [0, 0.1) is 9.39 Å². The highest BCUT2D eigenvalue weighted by Crippen LogP contribution is 2.29. The van der Waals surface area contributed by atoms with Crippen LogP contribution in [0.1, 0.15) is 24.1 Å². The number of hydrogen-bond acceptors (Lipinski definition) is 1. The molecule has 0 bridgehead atoms. The Labute approximate surface area is 151 Å². The van der Waals surface area contributed by atoms with Crippen LogP contribution in [-0.4, -0.2) is 6.54 Å². The van der Waals surface area contributed by atoms with E-state index in [9.17, 15) is 4.39 Å². The molecule has 5 heteroatoms. The molecule has 0 amide bonds. The Balaban J connectivity index is 2.32. The molecule has 0 radical (unpaired) electrons. The summed E-state index contributed by atoms with van der Waals surface area (Å²) in [7, 11) is 0. The van der Waals surface area contributed by atoms with Crippen molar-refractivity contribution in [3.05, 3.63) is 66.4 Å².